The minimum atomic E-state index is -0.504. The summed E-state index contributed by atoms with van der Waals surface area (Å²) in [6.07, 6.45) is 0. The molecule has 0 saturated carbocycles. The van der Waals surface area contributed by atoms with Gasteiger partial charge < -0.3 is 15.1 Å². The Balaban J connectivity index is 2.25. The fourth-order valence-electron chi connectivity index (χ4n) is 2.77. The first-order chi connectivity index (χ1) is 9.87. The van der Waals surface area contributed by atoms with Crippen molar-refractivity contribution >= 4 is 27.5 Å². The van der Waals surface area contributed by atoms with Gasteiger partial charge in [0.1, 0.15) is 5.54 Å². The molecule has 1 aromatic rings. The SMILES string of the molecule is CCNCc1ccc(N2CCN(C)C(=O)C2(C)C)cc1Br. The van der Waals surface area contributed by atoms with E-state index >= 15 is 0 Å². The fraction of sp³-hybridized carbons (Fsp3) is 0.562. The molecule has 1 N–H and O–H groups in total. The van der Waals surface area contributed by atoms with Gasteiger partial charge in [0.05, 0.1) is 0 Å². The van der Waals surface area contributed by atoms with Crippen molar-refractivity contribution in [3.8, 4) is 0 Å². The van der Waals surface area contributed by atoms with Gasteiger partial charge in [-0.05, 0) is 38.1 Å². The molecule has 2 rings (SSSR count). The molecule has 1 fully saturated rings. The van der Waals surface area contributed by atoms with Crippen molar-refractivity contribution in [3.63, 3.8) is 0 Å². The van der Waals surface area contributed by atoms with Gasteiger partial charge in [-0.3, -0.25) is 4.79 Å². The number of piperazine rings is 1. The molecule has 0 atom stereocenters. The monoisotopic (exact) mass is 353 g/mol. The first kappa shape index (κ1) is 16.3. The zero-order valence-electron chi connectivity index (χ0n) is 13.2. The fourth-order valence-corrected chi connectivity index (χ4v) is 3.28. The Morgan fingerprint density at radius 2 is 2.05 bits per heavy atom. The van der Waals surface area contributed by atoms with Gasteiger partial charge in [0, 0.05) is 36.8 Å². The Bertz CT molecular complexity index is 530. The van der Waals surface area contributed by atoms with Crippen LogP contribution in [0.5, 0.6) is 0 Å². The molecule has 1 aromatic carbocycles. The molecule has 21 heavy (non-hydrogen) atoms. The van der Waals surface area contributed by atoms with Crippen molar-refractivity contribution in [1.82, 2.24) is 10.2 Å². The smallest absolute Gasteiger partial charge is 0.247 e. The number of nitrogens with zero attached hydrogens (tertiary/aromatic N) is 2. The van der Waals surface area contributed by atoms with E-state index in [0.717, 1.165) is 36.3 Å². The lowest BCUT2D eigenvalue weighted by molar-refractivity contribution is -0.136. The van der Waals surface area contributed by atoms with Crippen LogP contribution in [0.2, 0.25) is 0 Å². The Morgan fingerprint density at radius 1 is 1.33 bits per heavy atom. The number of rotatable bonds is 4. The van der Waals surface area contributed by atoms with Crippen LogP contribution in [0.25, 0.3) is 0 Å². The number of likely N-dealkylation sites (N-methyl/N-ethyl adjacent to an activating group) is 1. The van der Waals surface area contributed by atoms with Crippen molar-refractivity contribution in [3.05, 3.63) is 28.2 Å². The lowest BCUT2D eigenvalue weighted by Crippen LogP contribution is -2.62. The highest BCUT2D eigenvalue weighted by Gasteiger charge is 2.40. The van der Waals surface area contributed by atoms with Gasteiger partial charge in [-0.2, -0.15) is 0 Å². The van der Waals surface area contributed by atoms with E-state index in [4.69, 9.17) is 0 Å². The number of anilines is 1. The van der Waals surface area contributed by atoms with Crippen LogP contribution in [0, 0.1) is 0 Å². The molecular formula is C16H24BrN3O. The summed E-state index contributed by atoms with van der Waals surface area (Å²) in [6.45, 7) is 9.50. The number of carbonyl (C=O) groups excluding carboxylic acids is 1. The Hall–Kier alpha value is -1.07. The molecule has 4 nitrogen and oxygen atoms in total. The molecule has 1 amide bonds. The number of amides is 1. The predicted octanol–water partition coefficient (Wildman–Crippen LogP) is 2.62. The molecule has 1 saturated heterocycles. The highest BCUT2D eigenvalue weighted by Crippen LogP contribution is 2.31. The summed E-state index contributed by atoms with van der Waals surface area (Å²) in [5, 5.41) is 3.33. The standard InChI is InChI=1S/C16H24BrN3O/c1-5-18-11-12-6-7-13(10-14(12)17)20-9-8-19(4)15(21)16(20,2)3/h6-7,10,18H,5,8-9,11H2,1-4H3. The summed E-state index contributed by atoms with van der Waals surface area (Å²) in [5.41, 5.74) is 1.82. The second-order valence-electron chi connectivity index (χ2n) is 5.99. The van der Waals surface area contributed by atoms with Gasteiger partial charge >= 0.3 is 0 Å². The van der Waals surface area contributed by atoms with Crippen LogP contribution in [-0.4, -0.2) is 43.0 Å². The van der Waals surface area contributed by atoms with E-state index in [9.17, 15) is 4.79 Å². The lowest BCUT2D eigenvalue weighted by atomic mass is 9.96. The third-order valence-electron chi connectivity index (χ3n) is 4.12. The van der Waals surface area contributed by atoms with Crippen LogP contribution < -0.4 is 10.2 Å². The van der Waals surface area contributed by atoms with Gasteiger partial charge in [-0.1, -0.05) is 28.9 Å². The highest BCUT2D eigenvalue weighted by molar-refractivity contribution is 9.10. The van der Waals surface area contributed by atoms with Crippen molar-refractivity contribution in [2.45, 2.75) is 32.9 Å². The Kier molecular flexibility index (Phi) is 4.94. The molecule has 0 spiro atoms. The molecule has 0 bridgehead atoms. The van der Waals surface area contributed by atoms with Crippen molar-refractivity contribution in [2.75, 3.05) is 31.6 Å². The van der Waals surface area contributed by atoms with Crippen LogP contribution in [0.3, 0.4) is 0 Å². The first-order valence-corrected chi connectivity index (χ1v) is 8.19. The second-order valence-corrected chi connectivity index (χ2v) is 6.85. The molecule has 0 aliphatic carbocycles. The van der Waals surface area contributed by atoms with E-state index in [0.29, 0.717) is 0 Å². The van der Waals surface area contributed by atoms with Crippen LogP contribution in [0.4, 0.5) is 5.69 Å². The van der Waals surface area contributed by atoms with Crippen LogP contribution >= 0.6 is 15.9 Å². The largest absolute Gasteiger partial charge is 0.356 e. The van der Waals surface area contributed by atoms with Gasteiger partial charge in [-0.15, -0.1) is 0 Å². The van der Waals surface area contributed by atoms with E-state index in [1.807, 2.05) is 25.8 Å². The van der Waals surface area contributed by atoms with Crippen LogP contribution in [0.1, 0.15) is 26.3 Å². The molecule has 1 aliphatic heterocycles. The predicted molar refractivity (Wildman–Crippen MR) is 90.6 cm³/mol. The van der Waals surface area contributed by atoms with Gasteiger partial charge in [-0.25, -0.2) is 0 Å². The highest BCUT2D eigenvalue weighted by atomic mass is 79.9. The average Bonchev–Trinajstić information content (AvgIpc) is 2.44. The number of carbonyl (C=O) groups is 1. The molecule has 0 radical (unpaired) electrons. The van der Waals surface area contributed by atoms with E-state index in [-0.39, 0.29) is 5.91 Å². The topological polar surface area (TPSA) is 35.6 Å². The third-order valence-corrected chi connectivity index (χ3v) is 4.86. The van der Waals surface area contributed by atoms with Crippen LogP contribution in [0.15, 0.2) is 22.7 Å². The molecule has 5 heteroatoms. The summed E-state index contributed by atoms with van der Waals surface area (Å²) < 4.78 is 1.09. The van der Waals surface area contributed by atoms with Crippen molar-refractivity contribution < 1.29 is 4.79 Å². The summed E-state index contributed by atoms with van der Waals surface area (Å²) in [4.78, 5) is 16.4. The molecule has 1 heterocycles. The first-order valence-electron chi connectivity index (χ1n) is 7.40. The molecule has 116 valence electrons. The van der Waals surface area contributed by atoms with Crippen molar-refractivity contribution in [1.29, 1.82) is 0 Å². The van der Waals surface area contributed by atoms with Gasteiger partial charge in [0.15, 0.2) is 0 Å². The van der Waals surface area contributed by atoms with Crippen LogP contribution in [-0.2, 0) is 11.3 Å². The zero-order valence-corrected chi connectivity index (χ0v) is 14.8. The number of hydrogen-bond donors (Lipinski definition) is 1. The third kappa shape index (κ3) is 3.24. The second kappa shape index (κ2) is 6.36. The van der Waals surface area contributed by atoms with E-state index < -0.39 is 5.54 Å². The Labute approximate surface area is 135 Å². The molecular weight excluding hydrogens is 330 g/mol. The number of halogens is 1. The van der Waals surface area contributed by atoms with E-state index in [2.05, 4.69) is 51.3 Å². The normalized spacial score (nSPS) is 18.2. The summed E-state index contributed by atoms with van der Waals surface area (Å²) in [6, 6.07) is 6.35. The number of nitrogens with one attached hydrogen (secondary N) is 1. The number of benzene rings is 1. The minimum Gasteiger partial charge on any atom is -0.356 e. The zero-order chi connectivity index (χ0) is 15.6. The Morgan fingerprint density at radius 3 is 2.67 bits per heavy atom. The molecule has 0 unspecified atom stereocenters. The number of hydrogen-bond acceptors (Lipinski definition) is 3. The van der Waals surface area contributed by atoms with Gasteiger partial charge in [0.25, 0.3) is 0 Å². The maximum absolute atomic E-state index is 12.4. The summed E-state index contributed by atoms with van der Waals surface area (Å²) in [7, 11) is 1.87. The molecule has 0 aromatic heterocycles. The van der Waals surface area contributed by atoms with Gasteiger partial charge in [0.2, 0.25) is 5.91 Å². The quantitative estimate of drug-likeness (QED) is 0.903. The van der Waals surface area contributed by atoms with E-state index in [1.54, 1.807) is 0 Å². The lowest BCUT2D eigenvalue weighted by Gasteiger charge is -2.46. The van der Waals surface area contributed by atoms with Crippen molar-refractivity contribution in [2.24, 2.45) is 0 Å². The maximum atomic E-state index is 12.4. The van der Waals surface area contributed by atoms with E-state index in [1.165, 1.54) is 5.56 Å². The summed E-state index contributed by atoms with van der Waals surface area (Å²) >= 11 is 3.65. The maximum Gasteiger partial charge on any atom is 0.247 e. The average molecular weight is 354 g/mol. The minimum absolute atomic E-state index is 0.168. The summed E-state index contributed by atoms with van der Waals surface area (Å²) in [5.74, 6) is 0.168. The molecule has 1 aliphatic rings.